The van der Waals surface area contributed by atoms with Crippen molar-refractivity contribution in [2.24, 2.45) is 3.21 Å². The maximum absolute atomic E-state index is 4.12. The molecule has 0 atom stereocenters. The van der Waals surface area contributed by atoms with Gasteiger partial charge in [-0.15, -0.1) is 0 Å². The summed E-state index contributed by atoms with van der Waals surface area (Å²) in [6.07, 6.45) is 10.9. The molecule has 0 aliphatic carbocycles. The zero-order valence-corrected chi connectivity index (χ0v) is 11.1. The van der Waals surface area contributed by atoms with E-state index in [0.717, 1.165) is 0 Å². The molecule has 0 bridgehead atoms. The second-order valence-corrected chi connectivity index (χ2v) is 4.17. The van der Waals surface area contributed by atoms with Crippen LogP contribution in [0.1, 0.15) is 65.2 Å². The predicted molar refractivity (Wildman–Crippen MR) is 69.7 cm³/mol. The largest absolute Gasteiger partial charge is 0.224 e. The van der Waals surface area contributed by atoms with Crippen LogP contribution in [-0.2, 0) is 0 Å². The highest BCUT2D eigenvalue weighted by molar-refractivity contribution is 14.1. The summed E-state index contributed by atoms with van der Waals surface area (Å²) < 4.78 is 4.12. The average molecular weight is 295 g/mol. The van der Waals surface area contributed by atoms with Gasteiger partial charge in [0.2, 0.25) is 0 Å². The lowest BCUT2D eigenvalue weighted by Crippen LogP contribution is -1.89. The van der Waals surface area contributed by atoms with E-state index in [4.69, 9.17) is 0 Å². The monoisotopic (exact) mass is 295 g/mol. The SMILES string of the molecule is CCCCCCCCC/C(C)=N\I. The summed E-state index contributed by atoms with van der Waals surface area (Å²) >= 11 is 2.08. The Bertz CT molecular complexity index is 132. The van der Waals surface area contributed by atoms with E-state index in [2.05, 4.69) is 39.9 Å². The third kappa shape index (κ3) is 10.3. The number of hydrogen-bond donors (Lipinski definition) is 0. The smallest absolute Gasteiger partial charge is 0.0830 e. The summed E-state index contributed by atoms with van der Waals surface area (Å²) in [6, 6.07) is 0. The van der Waals surface area contributed by atoms with Crippen molar-refractivity contribution in [2.75, 3.05) is 0 Å². The van der Waals surface area contributed by atoms with Gasteiger partial charge in [-0.3, -0.25) is 0 Å². The molecule has 2 heteroatoms. The fourth-order valence-corrected chi connectivity index (χ4v) is 1.62. The van der Waals surface area contributed by atoms with Gasteiger partial charge in [-0.25, -0.2) is 3.21 Å². The first kappa shape index (κ1) is 13.4. The molecule has 0 aromatic heterocycles. The van der Waals surface area contributed by atoms with E-state index in [1.807, 2.05) is 0 Å². The predicted octanol–water partition coefficient (Wildman–Crippen LogP) is 4.94. The quantitative estimate of drug-likeness (QED) is 0.342. The van der Waals surface area contributed by atoms with Gasteiger partial charge in [0, 0.05) is 5.71 Å². The molecule has 0 aliphatic rings. The lowest BCUT2D eigenvalue weighted by molar-refractivity contribution is 0.595. The Balaban J connectivity index is 3.00. The third-order valence-electron chi connectivity index (χ3n) is 2.29. The number of rotatable bonds is 8. The van der Waals surface area contributed by atoms with Crippen molar-refractivity contribution in [1.82, 2.24) is 0 Å². The van der Waals surface area contributed by atoms with Crippen LogP contribution >= 0.6 is 22.9 Å². The second kappa shape index (κ2) is 10.5. The Morgan fingerprint density at radius 3 is 2.08 bits per heavy atom. The van der Waals surface area contributed by atoms with Gasteiger partial charge in [0.15, 0.2) is 0 Å². The first-order valence-electron chi connectivity index (χ1n) is 5.45. The first-order chi connectivity index (χ1) is 6.31. The Morgan fingerprint density at radius 1 is 1.00 bits per heavy atom. The number of halogens is 1. The van der Waals surface area contributed by atoms with Gasteiger partial charge >= 0.3 is 0 Å². The van der Waals surface area contributed by atoms with Crippen molar-refractivity contribution < 1.29 is 0 Å². The van der Waals surface area contributed by atoms with Crippen LogP contribution < -0.4 is 0 Å². The fourth-order valence-electron chi connectivity index (χ4n) is 1.38. The molecule has 0 rings (SSSR count). The van der Waals surface area contributed by atoms with Gasteiger partial charge in [0.05, 0.1) is 22.9 Å². The summed E-state index contributed by atoms with van der Waals surface area (Å²) in [5.74, 6) is 0. The highest BCUT2D eigenvalue weighted by Gasteiger charge is 1.92. The van der Waals surface area contributed by atoms with Crippen LogP contribution in [0.5, 0.6) is 0 Å². The molecule has 0 saturated carbocycles. The van der Waals surface area contributed by atoms with Crippen molar-refractivity contribution in [3.63, 3.8) is 0 Å². The second-order valence-electron chi connectivity index (χ2n) is 3.69. The molecule has 0 fully saturated rings. The zero-order valence-electron chi connectivity index (χ0n) is 8.98. The highest BCUT2D eigenvalue weighted by atomic mass is 127. The van der Waals surface area contributed by atoms with Gasteiger partial charge in [-0.2, -0.15) is 0 Å². The van der Waals surface area contributed by atoms with Crippen LogP contribution in [0, 0.1) is 0 Å². The summed E-state index contributed by atoms with van der Waals surface area (Å²) in [5.41, 5.74) is 1.29. The van der Waals surface area contributed by atoms with Crippen LogP contribution in [0.4, 0.5) is 0 Å². The molecule has 0 aliphatic heterocycles. The van der Waals surface area contributed by atoms with E-state index in [1.165, 1.54) is 57.1 Å². The molecule has 0 amide bonds. The molecular weight excluding hydrogens is 273 g/mol. The van der Waals surface area contributed by atoms with Gasteiger partial charge < -0.3 is 0 Å². The number of nitrogens with zero attached hydrogens (tertiary/aromatic N) is 1. The molecular formula is C11H22IN. The summed E-state index contributed by atoms with van der Waals surface area (Å²) in [6.45, 7) is 4.38. The lowest BCUT2D eigenvalue weighted by atomic mass is 10.1. The van der Waals surface area contributed by atoms with E-state index >= 15 is 0 Å². The average Bonchev–Trinajstić information content (AvgIpc) is 2.16. The summed E-state index contributed by atoms with van der Waals surface area (Å²) in [7, 11) is 0. The van der Waals surface area contributed by atoms with Gasteiger partial charge in [0.1, 0.15) is 0 Å². The van der Waals surface area contributed by atoms with E-state index in [0.29, 0.717) is 0 Å². The van der Waals surface area contributed by atoms with Crippen LogP contribution in [0.3, 0.4) is 0 Å². The van der Waals surface area contributed by atoms with Crippen molar-refractivity contribution in [1.29, 1.82) is 0 Å². The minimum atomic E-state index is 1.19. The minimum absolute atomic E-state index is 1.19. The molecule has 1 nitrogen and oxygen atoms in total. The third-order valence-corrected chi connectivity index (χ3v) is 3.11. The van der Waals surface area contributed by atoms with E-state index in [-0.39, 0.29) is 0 Å². The van der Waals surface area contributed by atoms with E-state index in [1.54, 1.807) is 0 Å². The molecule has 0 radical (unpaired) electrons. The number of hydrogen-bond acceptors (Lipinski definition) is 1. The molecule has 0 unspecified atom stereocenters. The van der Waals surface area contributed by atoms with Gasteiger partial charge in [0.25, 0.3) is 0 Å². The lowest BCUT2D eigenvalue weighted by Gasteiger charge is -2.00. The molecule has 13 heavy (non-hydrogen) atoms. The molecule has 78 valence electrons. The Morgan fingerprint density at radius 2 is 1.54 bits per heavy atom. The topological polar surface area (TPSA) is 12.4 Å². The Kier molecular flexibility index (Phi) is 10.8. The standard InChI is InChI=1S/C11H22IN/c1-3-4-5-6-7-8-9-10-11(2)13-12/h3-10H2,1-2H3/b13-11-. The Labute approximate surface area is 96.9 Å². The summed E-state index contributed by atoms with van der Waals surface area (Å²) in [4.78, 5) is 0. The molecule has 0 spiro atoms. The maximum Gasteiger partial charge on any atom is 0.0830 e. The highest BCUT2D eigenvalue weighted by Crippen LogP contribution is 2.09. The van der Waals surface area contributed by atoms with Crippen LogP contribution in [0.2, 0.25) is 0 Å². The molecule has 0 aromatic carbocycles. The molecule has 0 heterocycles. The van der Waals surface area contributed by atoms with Crippen molar-refractivity contribution in [3.05, 3.63) is 0 Å². The van der Waals surface area contributed by atoms with Crippen LogP contribution in [0.15, 0.2) is 3.21 Å². The maximum atomic E-state index is 4.12. The first-order valence-corrected chi connectivity index (χ1v) is 6.42. The minimum Gasteiger partial charge on any atom is -0.224 e. The Hall–Kier alpha value is 0.400. The van der Waals surface area contributed by atoms with Crippen molar-refractivity contribution >= 4 is 28.6 Å². The molecule has 0 saturated heterocycles. The van der Waals surface area contributed by atoms with Gasteiger partial charge in [-0.05, 0) is 19.8 Å². The van der Waals surface area contributed by atoms with E-state index in [9.17, 15) is 0 Å². The van der Waals surface area contributed by atoms with Crippen LogP contribution in [0.25, 0.3) is 0 Å². The molecule has 0 N–H and O–H groups in total. The fraction of sp³-hybridized carbons (Fsp3) is 0.909. The number of unbranched alkanes of at least 4 members (excludes halogenated alkanes) is 6. The molecule has 0 aromatic rings. The van der Waals surface area contributed by atoms with E-state index < -0.39 is 0 Å². The van der Waals surface area contributed by atoms with Crippen molar-refractivity contribution in [2.45, 2.75) is 65.2 Å². The van der Waals surface area contributed by atoms with Crippen molar-refractivity contribution in [3.8, 4) is 0 Å². The summed E-state index contributed by atoms with van der Waals surface area (Å²) in [5, 5.41) is 0. The van der Waals surface area contributed by atoms with Gasteiger partial charge in [-0.1, -0.05) is 45.4 Å². The zero-order chi connectivity index (χ0) is 9.94. The van der Waals surface area contributed by atoms with Crippen LogP contribution in [-0.4, -0.2) is 5.71 Å². The normalized spacial score (nSPS) is 12.1.